The van der Waals surface area contributed by atoms with E-state index in [4.69, 9.17) is 16.3 Å². The number of amides is 1. The number of rotatable bonds is 6. The van der Waals surface area contributed by atoms with Crippen molar-refractivity contribution in [1.82, 2.24) is 0 Å². The summed E-state index contributed by atoms with van der Waals surface area (Å²) in [4.78, 5) is 16.5. The molecule has 28 heavy (non-hydrogen) atoms. The van der Waals surface area contributed by atoms with Crippen LogP contribution in [-0.2, 0) is 4.79 Å². The fourth-order valence-corrected chi connectivity index (χ4v) is 2.69. The fourth-order valence-electron chi connectivity index (χ4n) is 2.50. The fraction of sp³-hybridized carbons (Fsp3) is 0.130. The SMILES string of the molecule is Cc1ccc(N=Cc2ccc(OCC(=O)Nc3ccccc3Cl)cc2)cc1C. The van der Waals surface area contributed by atoms with Crippen LogP contribution >= 0.6 is 11.6 Å². The number of nitrogens with zero attached hydrogens (tertiary/aromatic N) is 1. The summed E-state index contributed by atoms with van der Waals surface area (Å²) in [6, 6.07) is 20.6. The summed E-state index contributed by atoms with van der Waals surface area (Å²) in [5, 5.41) is 3.21. The van der Waals surface area contributed by atoms with Gasteiger partial charge < -0.3 is 10.1 Å². The molecule has 0 saturated heterocycles. The van der Waals surface area contributed by atoms with Crippen molar-refractivity contribution in [3.8, 4) is 5.75 Å². The second-order valence-corrected chi connectivity index (χ2v) is 6.82. The molecule has 0 spiro atoms. The maximum Gasteiger partial charge on any atom is 0.262 e. The van der Waals surface area contributed by atoms with Gasteiger partial charge in [-0.1, -0.05) is 29.8 Å². The minimum Gasteiger partial charge on any atom is -0.484 e. The van der Waals surface area contributed by atoms with Gasteiger partial charge in [-0.2, -0.15) is 0 Å². The summed E-state index contributed by atoms with van der Waals surface area (Å²) in [6.45, 7) is 4.06. The van der Waals surface area contributed by atoms with Gasteiger partial charge in [-0.3, -0.25) is 9.79 Å². The molecule has 3 aromatic carbocycles. The van der Waals surface area contributed by atoms with Crippen LogP contribution in [0, 0.1) is 13.8 Å². The van der Waals surface area contributed by atoms with E-state index >= 15 is 0 Å². The number of para-hydroxylation sites is 1. The van der Waals surface area contributed by atoms with Gasteiger partial charge in [0.05, 0.1) is 16.4 Å². The van der Waals surface area contributed by atoms with Crippen LogP contribution in [0.3, 0.4) is 0 Å². The quantitative estimate of drug-likeness (QED) is 0.545. The van der Waals surface area contributed by atoms with Crippen LogP contribution in [0.1, 0.15) is 16.7 Å². The Morgan fingerprint density at radius 1 is 1.04 bits per heavy atom. The lowest BCUT2D eigenvalue weighted by atomic mass is 10.1. The Kier molecular flexibility index (Phi) is 6.45. The number of nitrogens with one attached hydrogen (secondary N) is 1. The first-order chi connectivity index (χ1) is 13.5. The summed E-state index contributed by atoms with van der Waals surface area (Å²) in [5.41, 5.74) is 4.90. The van der Waals surface area contributed by atoms with Gasteiger partial charge in [0.2, 0.25) is 0 Å². The van der Waals surface area contributed by atoms with Crippen LogP contribution in [0.25, 0.3) is 0 Å². The minimum absolute atomic E-state index is 0.0959. The first kappa shape index (κ1) is 19.6. The number of aryl methyl sites for hydroxylation is 2. The standard InChI is InChI=1S/C23H21ClN2O2/c1-16-7-10-19(13-17(16)2)25-14-18-8-11-20(12-9-18)28-15-23(27)26-22-6-4-3-5-21(22)24/h3-14H,15H2,1-2H3,(H,26,27). The highest BCUT2D eigenvalue weighted by Gasteiger charge is 2.06. The molecule has 0 heterocycles. The van der Waals surface area contributed by atoms with Crippen molar-refractivity contribution >= 4 is 35.1 Å². The molecule has 0 aliphatic rings. The third-order valence-corrected chi connectivity index (χ3v) is 4.58. The van der Waals surface area contributed by atoms with Crippen molar-refractivity contribution in [1.29, 1.82) is 0 Å². The Hall–Kier alpha value is -3.11. The van der Waals surface area contributed by atoms with E-state index in [-0.39, 0.29) is 12.5 Å². The average Bonchev–Trinajstić information content (AvgIpc) is 2.70. The number of aliphatic imine (C=N–C) groups is 1. The highest BCUT2D eigenvalue weighted by molar-refractivity contribution is 6.33. The highest BCUT2D eigenvalue weighted by Crippen LogP contribution is 2.20. The lowest BCUT2D eigenvalue weighted by Crippen LogP contribution is -2.20. The van der Waals surface area contributed by atoms with Crippen molar-refractivity contribution in [2.24, 2.45) is 4.99 Å². The van der Waals surface area contributed by atoms with Crippen molar-refractivity contribution in [3.05, 3.63) is 88.4 Å². The van der Waals surface area contributed by atoms with Gasteiger partial charge in [0, 0.05) is 6.21 Å². The van der Waals surface area contributed by atoms with Crippen LogP contribution in [0.4, 0.5) is 11.4 Å². The molecular formula is C23H21ClN2O2. The van der Waals surface area contributed by atoms with Crippen molar-refractivity contribution in [3.63, 3.8) is 0 Å². The lowest BCUT2D eigenvalue weighted by Gasteiger charge is -2.08. The maximum atomic E-state index is 12.0. The third kappa shape index (κ3) is 5.44. The highest BCUT2D eigenvalue weighted by atomic mass is 35.5. The molecule has 3 rings (SSSR count). The molecule has 5 heteroatoms. The van der Waals surface area contributed by atoms with E-state index in [9.17, 15) is 4.79 Å². The molecular weight excluding hydrogens is 372 g/mol. The summed E-state index contributed by atoms with van der Waals surface area (Å²) in [6.07, 6.45) is 1.80. The summed E-state index contributed by atoms with van der Waals surface area (Å²) < 4.78 is 5.53. The van der Waals surface area contributed by atoms with Gasteiger partial charge in [0.25, 0.3) is 5.91 Å². The Balaban J connectivity index is 1.54. The summed E-state index contributed by atoms with van der Waals surface area (Å²) >= 11 is 6.03. The Bertz CT molecular complexity index is 998. The number of halogens is 1. The zero-order chi connectivity index (χ0) is 19.9. The third-order valence-electron chi connectivity index (χ3n) is 4.25. The molecule has 0 fully saturated rings. The molecule has 4 nitrogen and oxygen atoms in total. The van der Waals surface area contributed by atoms with E-state index < -0.39 is 0 Å². The molecule has 0 atom stereocenters. The van der Waals surface area contributed by atoms with E-state index in [1.807, 2.05) is 30.3 Å². The van der Waals surface area contributed by atoms with Crippen LogP contribution < -0.4 is 10.1 Å². The first-order valence-electron chi connectivity index (χ1n) is 8.90. The van der Waals surface area contributed by atoms with Gasteiger partial charge in [-0.05, 0) is 79.1 Å². The largest absolute Gasteiger partial charge is 0.484 e. The van der Waals surface area contributed by atoms with Crippen LogP contribution in [-0.4, -0.2) is 18.7 Å². The van der Waals surface area contributed by atoms with E-state index in [0.717, 1.165) is 11.3 Å². The molecule has 0 bridgehead atoms. The van der Waals surface area contributed by atoms with Gasteiger partial charge in [-0.15, -0.1) is 0 Å². The van der Waals surface area contributed by atoms with Crippen molar-refractivity contribution in [2.75, 3.05) is 11.9 Å². The number of benzene rings is 3. The van der Waals surface area contributed by atoms with Crippen molar-refractivity contribution < 1.29 is 9.53 Å². The molecule has 0 aliphatic heterocycles. The number of anilines is 1. The predicted octanol–water partition coefficient (Wildman–Crippen LogP) is 5.72. The van der Waals surface area contributed by atoms with Gasteiger partial charge >= 0.3 is 0 Å². The van der Waals surface area contributed by atoms with Crippen LogP contribution in [0.2, 0.25) is 5.02 Å². The molecule has 1 N–H and O–H groups in total. The zero-order valence-electron chi connectivity index (χ0n) is 15.8. The van der Waals surface area contributed by atoms with E-state index in [1.165, 1.54) is 11.1 Å². The molecule has 0 aromatic heterocycles. The van der Waals surface area contributed by atoms with Crippen LogP contribution in [0.15, 0.2) is 71.7 Å². The second kappa shape index (κ2) is 9.20. The Morgan fingerprint density at radius 2 is 1.79 bits per heavy atom. The number of ether oxygens (including phenoxy) is 1. The zero-order valence-corrected chi connectivity index (χ0v) is 16.5. The monoisotopic (exact) mass is 392 g/mol. The predicted molar refractivity (Wildman–Crippen MR) is 115 cm³/mol. The van der Waals surface area contributed by atoms with Gasteiger partial charge in [0.15, 0.2) is 6.61 Å². The van der Waals surface area contributed by atoms with Crippen LogP contribution in [0.5, 0.6) is 5.75 Å². The van der Waals surface area contributed by atoms with Gasteiger partial charge in [-0.25, -0.2) is 0 Å². The second-order valence-electron chi connectivity index (χ2n) is 6.41. The number of hydrogen-bond acceptors (Lipinski definition) is 3. The molecule has 0 aliphatic carbocycles. The topological polar surface area (TPSA) is 50.7 Å². The van der Waals surface area contributed by atoms with E-state index in [2.05, 4.69) is 36.3 Å². The van der Waals surface area contributed by atoms with Gasteiger partial charge in [0.1, 0.15) is 5.75 Å². The molecule has 0 radical (unpaired) electrons. The average molecular weight is 393 g/mol. The number of hydrogen-bond donors (Lipinski definition) is 1. The maximum absolute atomic E-state index is 12.0. The smallest absolute Gasteiger partial charge is 0.262 e. The molecule has 1 amide bonds. The molecule has 0 unspecified atom stereocenters. The van der Waals surface area contributed by atoms with E-state index in [1.54, 1.807) is 30.5 Å². The minimum atomic E-state index is -0.270. The normalized spacial score (nSPS) is 10.8. The molecule has 0 saturated carbocycles. The summed E-state index contributed by atoms with van der Waals surface area (Å²) in [5.74, 6) is 0.339. The number of carbonyl (C=O) groups is 1. The number of carbonyl (C=O) groups excluding carboxylic acids is 1. The first-order valence-corrected chi connectivity index (χ1v) is 9.27. The summed E-state index contributed by atoms with van der Waals surface area (Å²) in [7, 11) is 0. The lowest BCUT2D eigenvalue weighted by molar-refractivity contribution is -0.118. The Morgan fingerprint density at radius 3 is 2.50 bits per heavy atom. The molecule has 142 valence electrons. The van der Waals surface area contributed by atoms with E-state index in [0.29, 0.717) is 16.5 Å². The molecule has 3 aromatic rings. The van der Waals surface area contributed by atoms with Crippen molar-refractivity contribution in [2.45, 2.75) is 13.8 Å². The Labute approximate surface area is 169 Å².